The topological polar surface area (TPSA) is 41.6 Å². The molecule has 0 radical (unpaired) electrons. The second-order valence-corrected chi connectivity index (χ2v) is 12.0. The van der Waals surface area contributed by atoms with Gasteiger partial charge in [0.25, 0.3) is 0 Å². The average Bonchev–Trinajstić information content (AvgIpc) is 3.53. The molecule has 2 aliphatic carbocycles. The molecule has 12 heteroatoms. The zero-order chi connectivity index (χ0) is 30.8. The highest BCUT2D eigenvalue weighted by molar-refractivity contribution is 9.10. The maximum Gasteiger partial charge on any atom is 0.416 e. The molecule has 0 spiro atoms. The van der Waals surface area contributed by atoms with Crippen LogP contribution in [0.2, 0.25) is 0 Å². The van der Waals surface area contributed by atoms with Crippen molar-refractivity contribution >= 4 is 38.0 Å². The maximum atomic E-state index is 13.0. The Kier molecular flexibility index (Phi) is 9.99. The van der Waals surface area contributed by atoms with E-state index in [1.54, 1.807) is 0 Å². The molecule has 0 fully saturated rings. The number of ether oxygens (including phenoxy) is 1. The molecule has 0 bridgehead atoms. The number of rotatable bonds is 4. The van der Waals surface area contributed by atoms with Crippen LogP contribution in [0.3, 0.4) is 0 Å². The summed E-state index contributed by atoms with van der Waals surface area (Å²) < 4.78 is 84.8. The summed E-state index contributed by atoms with van der Waals surface area (Å²) in [5.74, 6) is 0. The molecule has 0 heterocycles. The number of hydrogen-bond acceptors (Lipinski definition) is 3. The highest BCUT2D eigenvalue weighted by atomic mass is 79.9. The quantitative estimate of drug-likeness (QED) is 0.273. The van der Waals surface area contributed by atoms with Crippen molar-refractivity contribution in [3.05, 3.63) is 102 Å². The Morgan fingerprint density at radius 2 is 1.38 bits per heavy atom. The Labute approximate surface area is 256 Å². The largest absolute Gasteiger partial charge is 0.445 e. The van der Waals surface area contributed by atoms with Gasteiger partial charge >= 0.3 is 18.4 Å². The first-order valence-corrected chi connectivity index (χ1v) is 14.7. The lowest BCUT2D eigenvalue weighted by molar-refractivity contribution is -0.143. The number of alkyl halides is 6. The van der Waals surface area contributed by atoms with Crippen LogP contribution in [-0.2, 0) is 36.5 Å². The summed E-state index contributed by atoms with van der Waals surface area (Å²) >= 11 is 6.86. The normalized spacial score (nSPS) is 17.7. The summed E-state index contributed by atoms with van der Waals surface area (Å²) in [6.07, 6.45) is -6.92. The molecule has 4 nitrogen and oxygen atoms in total. The predicted molar refractivity (Wildman–Crippen MR) is 154 cm³/mol. The van der Waals surface area contributed by atoms with Crippen molar-refractivity contribution in [1.82, 2.24) is 10.2 Å². The third-order valence-corrected chi connectivity index (χ3v) is 8.44. The lowest BCUT2D eigenvalue weighted by atomic mass is 10.1. The summed E-state index contributed by atoms with van der Waals surface area (Å²) in [5.41, 5.74) is 1.65. The highest BCUT2D eigenvalue weighted by Crippen LogP contribution is 2.38. The van der Waals surface area contributed by atoms with Gasteiger partial charge in [0.15, 0.2) is 0 Å². The smallest absolute Gasteiger partial charge is 0.416 e. The summed E-state index contributed by atoms with van der Waals surface area (Å²) in [4.78, 5) is 13.7. The minimum Gasteiger partial charge on any atom is -0.445 e. The number of aryl methyl sites for hydroxylation is 2. The number of nitrogens with one attached hydrogen (secondary N) is 1. The molecular weight excluding hydrogens is 694 g/mol. The van der Waals surface area contributed by atoms with Crippen LogP contribution in [0.25, 0.3) is 0 Å². The predicted octanol–water partition coefficient (Wildman–Crippen LogP) is 9.40. The maximum absolute atomic E-state index is 13.0. The van der Waals surface area contributed by atoms with Gasteiger partial charge in [0.2, 0.25) is 0 Å². The molecule has 0 saturated carbocycles. The number of carbonyl (C=O) groups excluding carboxylic acids is 1. The van der Waals surface area contributed by atoms with E-state index in [-0.39, 0.29) is 12.1 Å². The van der Waals surface area contributed by atoms with Crippen molar-refractivity contribution in [1.29, 1.82) is 0 Å². The Balaban J connectivity index is 0.000000279. The number of fused-ring (bicyclic) bond motifs is 2. The fraction of sp³-hybridized carbons (Fsp3) is 0.367. The molecule has 5 rings (SSSR count). The molecule has 42 heavy (non-hydrogen) atoms. The van der Waals surface area contributed by atoms with Crippen LogP contribution in [0.1, 0.15) is 63.9 Å². The molecular formula is C30H28Br2F6N2O2. The number of hydrogen-bond donors (Lipinski definition) is 1. The third kappa shape index (κ3) is 7.68. The molecule has 3 aromatic rings. The van der Waals surface area contributed by atoms with Gasteiger partial charge in [-0.15, -0.1) is 0 Å². The summed E-state index contributed by atoms with van der Waals surface area (Å²) in [6, 6.07) is 13.6. The van der Waals surface area contributed by atoms with E-state index in [2.05, 4.69) is 55.4 Å². The van der Waals surface area contributed by atoms with E-state index in [4.69, 9.17) is 4.74 Å². The Morgan fingerprint density at radius 3 is 1.93 bits per heavy atom. The Hall–Kier alpha value is -2.57. The standard InChI is InChI=1S/C20H16BrF6NO2.C10H12BrN/c1-28(17-5-3-12-2-4-15(21)9-16(12)17)18(29)30-10-11-6-13(19(22,23)24)8-14(7-11)20(25,26)27;1-12-10-5-3-7-2-4-8(11)6-9(7)10/h2,4,6-9,17H,3,5,10H2,1H3;2,4,6,10,12H,3,5H2,1H3. The minimum absolute atomic E-state index is 0.0325. The first-order chi connectivity index (χ1) is 19.7. The van der Waals surface area contributed by atoms with E-state index in [9.17, 15) is 31.1 Å². The fourth-order valence-corrected chi connectivity index (χ4v) is 6.06. The van der Waals surface area contributed by atoms with Crippen LogP contribution in [0, 0.1) is 0 Å². The zero-order valence-corrected chi connectivity index (χ0v) is 25.8. The van der Waals surface area contributed by atoms with E-state index in [0.29, 0.717) is 24.6 Å². The summed E-state index contributed by atoms with van der Waals surface area (Å²) in [6.45, 7) is -0.714. The van der Waals surface area contributed by atoms with E-state index in [1.807, 2.05) is 25.2 Å². The first-order valence-electron chi connectivity index (χ1n) is 13.1. The number of carbonyl (C=O) groups is 1. The van der Waals surface area contributed by atoms with E-state index >= 15 is 0 Å². The van der Waals surface area contributed by atoms with Crippen LogP contribution in [0.5, 0.6) is 0 Å². The number of halogens is 8. The second-order valence-electron chi connectivity index (χ2n) is 10.2. The van der Waals surface area contributed by atoms with Gasteiger partial charge in [0.05, 0.1) is 17.2 Å². The molecule has 2 aliphatic rings. The third-order valence-electron chi connectivity index (χ3n) is 7.45. The second kappa shape index (κ2) is 13.0. The SMILES string of the molecule is CN(C(=O)OCc1cc(C(F)(F)F)cc(C(F)(F)F)c1)C1CCc2ccc(Br)cc21.CNC1CCc2ccc(Br)cc21. The molecule has 1 amide bonds. The highest BCUT2D eigenvalue weighted by Gasteiger charge is 2.37. The van der Waals surface area contributed by atoms with Crippen LogP contribution >= 0.6 is 31.9 Å². The van der Waals surface area contributed by atoms with Crippen molar-refractivity contribution in [2.45, 2.75) is 56.7 Å². The van der Waals surface area contributed by atoms with Gasteiger partial charge in [0, 0.05) is 22.0 Å². The molecule has 1 N–H and O–H groups in total. The van der Waals surface area contributed by atoms with E-state index in [1.165, 1.54) is 40.4 Å². The van der Waals surface area contributed by atoms with Crippen LogP contribution < -0.4 is 5.32 Å². The number of amides is 1. The van der Waals surface area contributed by atoms with Crippen LogP contribution in [-0.4, -0.2) is 25.1 Å². The number of benzene rings is 3. The Bertz CT molecular complexity index is 1410. The summed E-state index contributed by atoms with van der Waals surface area (Å²) in [7, 11) is 3.51. The van der Waals surface area contributed by atoms with Gasteiger partial charge in [-0.2, -0.15) is 26.3 Å². The lowest BCUT2D eigenvalue weighted by Gasteiger charge is -2.25. The average molecular weight is 722 g/mol. The van der Waals surface area contributed by atoms with E-state index < -0.39 is 41.7 Å². The van der Waals surface area contributed by atoms with Crippen molar-refractivity contribution < 1.29 is 35.9 Å². The van der Waals surface area contributed by atoms with Gasteiger partial charge in [0.1, 0.15) is 6.61 Å². The molecule has 226 valence electrons. The van der Waals surface area contributed by atoms with Crippen molar-refractivity contribution in [2.24, 2.45) is 0 Å². The molecule has 2 unspecified atom stereocenters. The molecule has 3 aromatic carbocycles. The first kappa shape index (κ1) is 32.3. The lowest BCUT2D eigenvalue weighted by Crippen LogP contribution is -2.30. The molecule has 0 aliphatic heterocycles. The van der Waals surface area contributed by atoms with E-state index in [0.717, 1.165) is 22.0 Å². The van der Waals surface area contributed by atoms with Crippen LogP contribution in [0.4, 0.5) is 31.1 Å². The summed E-state index contributed by atoms with van der Waals surface area (Å²) in [5, 5.41) is 3.33. The van der Waals surface area contributed by atoms with Crippen molar-refractivity contribution in [3.63, 3.8) is 0 Å². The Morgan fingerprint density at radius 1 is 0.857 bits per heavy atom. The van der Waals surface area contributed by atoms with Gasteiger partial charge in [-0.25, -0.2) is 4.79 Å². The molecule has 0 aromatic heterocycles. The van der Waals surface area contributed by atoms with Gasteiger partial charge in [-0.05, 0) is 103 Å². The monoisotopic (exact) mass is 720 g/mol. The minimum atomic E-state index is -4.96. The van der Waals surface area contributed by atoms with Crippen molar-refractivity contribution in [2.75, 3.05) is 14.1 Å². The van der Waals surface area contributed by atoms with Gasteiger partial charge < -0.3 is 15.0 Å². The van der Waals surface area contributed by atoms with Crippen molar-refractivity contribution in [3.8, 4) is 0 Å². The van der Waals surface area contributed by atoms with Gasteiger partial charge in [-0.1, -0.05) is 44.0 Å². The fourth-order valence-electron chi connectivity index (χ4n) is 5.30. The van der Waals surface area contributed by atoms with Crippen LogP contribution in [0.15, 0.2) is 63.5 Å². The zero-order valence-electron chi connectivity index (χ0n) is 22.7. The molecule has 2 atom stereocenters. The number of nitrogens with zero attached hydrogens (tertiary/aromatic N) is 1. The molecule has 0 saturated heterocycles. The van der Waals surface area contributed by atoms with Gasteiger partial charge in [-0.3, -0.25) is 0 Å².